The van der Waals surface area contributed by atoms with Gasteiger partial charge in [-0.2, -0.15) is 0 Å². The molecular formula is C11H15NO3S. The summed E-state index contributed by atoms with van der Waals surface area (Å²) in [5, 5.41) is 0. The monoisotopic (exact) mass is 241 g/mol. The summed E-state index contributed by atoms with van der Waals surface area (Å²) in [5.41, 5.74) is 0.743. The molecule has 0 atom stereocenters. The van der Waals surface area contributed by atoms with E-state index in [1.807, 2.05) is 12.1 Å². The number of nitrogens with one attached hydrogen (secondary N) is 1. The van der Waals surface area contributed by atoms with Crippen molar-refractivity contribution in [2.24, 2.45) is 0 Å². The molecule has 0 radical (unpaired) electrons. The Morgan fingerprint density at radius 3 is 2.81 bits per heavy atom. The molecule has 0 spiro atoms. The number of hydrogen-bond donors (Lipinski definition) is 1. The maximum absolute atomic E-state index is 11.4. The van der Waals surface area contributed by atoms with E-state index >= 15 is 0 Å². The summed E-state index contributed by atoms with van der Waals surface area (Å²) in [5.74, 6) is 0.747. The summed E-state index contributed by atoms with van der Waals surface area (Å²) in [6.07, 6.45) is 2.52. The first-order valence-electron chi connectivity index (χ1n) is 5.26. The van der Waals surface area contributed by atoms with Gasteiger partial charge in [-0.1, -0.05) is 12.1 Å². The predicted molar refractivity (Wildman–Crippen MR) is 61.8 cm³/mol. The normalized spacial score (nSPS) is 16.1. The van der Waals surface area contributed by atoms with Crippen LogP contribution >= 0.6 is 0 Å². The maximum atomic E-state index is 11.4. The first kappa shape index (κ1) is 11.4. The van der Waals surface area contributed by atoms with Gasteiger partial charge in [0.15, 0.2) is 0 Å². The van der Waals surface area contributed by atoms with E-state index < -0.39 is 10.0 Å². The van der Waals surface area contributed by atoms with Crippen molar-refractivity contribution in [1.29, 1.82) is 0 Å². The fourth-order valence-corrected chi connectivity index (χ4v) is 2.14. The fourth-order valence-electron chi connectivity index (χ4n) is 1.38. The molecule has 16 heavy (non-hydrogen) atoms. The van der Waals surface area contributed by atoms with E-state index in [1.165, 1.54) is 7.05 Å². The van der Waals surface area contributed by atoms with Crippen LogP contribution in [-0.2, 0) is 15.8 Å². The Labute approximate surface area is 95.7 Å². The van der Waals surface area contributed by atoms with Crippen LogP contribution in [0.1, 0.15) is 18.4 Å². The van der Waals surface area contributed by atoms with Crippen LogP contribution < -0.4 is 9.46 Å². The van der Waals surface area contributed by atoms with Gasteiger partial charge in [0.1, 0.15) is 5.75 Å². The number of ether oxygens (including phenoxy) is 1. The van der Waals surface area contributed by atoms with Crippen molar-refractivity contribution >= 4 is 10.0 Å². The molecule has 2 rings (SSSR count). The quantitative estimate of drug-likeness (QED) is 0.844. The molecule has 0 amide bonds. The zero-order valence-corrected chi connectivity index (χ0v) is 9.96. The van der Waals surface area contributed by atoms with Crippen LogP contribution in [-0.4, -0.2) is 21.6 Å². The second-order valence-corrected chi connectivity index (χ2v) is 5.85. The standard InChI is InChI=1S/C11H15NO3S/c1-12-16(13,14)8-9-3-2-4-11(7-9)15-10-5-6-10/h2-4,7,10,12H,5-6,8H2,1H3. The SMILES string of the molecule is CNS(=O)(=O)Cc1cccc(OC2CC2)c1. The minimum absolute atomic E-state index is 0.00856. The highest BCUT2D eigenvalue weighted by molar-refractivity contribution is 7.88. The number of benzene rings is 1. The van der Waals surface area contributed by atoms with Crippen molar-refractivity contribution in [3.05, 3.63) is 29.8 Å². The van der Waals surface area contributed by atoms with E-state index in [2.05, 4.69) is 4.72 Å². The lowest BCUT2D eigenvalue weighted by Crippen LogP contribution is -2.20. The summed E-state index contributed by atoms with van der Waals surface area (Å²) in [7, 11) is -1.79. The van der Waals surface area contributed by atoms with E-state index in [0.717, 1.165) is 24.2 Å². The molecule has 1 N–H and O–H groups in total. The molecular weight excluding hydrogens is 226 g/mol. The van der Waals surface area contributed by atoms with Crippen LogP contribution in [0.25, 0.3) is 0 Å². The lowest BCUT2D eigenvalue weighted by Gasteiger charge is -2.07. The molecule has 0 saturated heterocycles. The topological polar surface area (TPSA) is 55.4 Å². The zero-order valence-electron chi connectivity index (χ0n) is 9.14. The molecule has 1 aliphatic carbocycles. The van der Waals surface area contributed by atoms with E-state index in [4.69, 9.17) is 4.74 Å². The van der Waals surface area contributed by atoms with Crippen LogP contribution in [0.2, 0.25) is 0 Å². The van der Waals surface area contributed by atoms with Crippen molar-refractivity contribution in [2.45, 2.75) is 24.7 Å². The van der Waals surface area contributed by atoms with E-state index in [0.29, 0.717) is 6.10 Å². The third kappa shape index (κ3) is 3.21. The fraction of sp³-hybridized carbons (Fsp3) is 0.455. The van der Waals surface area contributed by atoms with Crippen molar-refractivity contribution in [3.63, 3.8) is 0 Å². The predicted octanol–water partition coefficient (Wildman–Crippen LogP) is 1.28. The maximum Gasteiger partial charge on any atom is 0.215 e. The highest BCUT2D eigenvalue weighted by atomic mass is 32.2. The van der Waals surface area contributed by atoms with Crippen LogP contribution in [0.4, 0.5) is 0 Å². The highest BCUT2D eigenvalue weighted by Gasteiger charge is 2.23. The summed E-state index contributed by atoms with van der Waals surface area (Å²) in [4.78, 5) is 0. The van der Waals surface area contributed by atoms with Crippen molar-refractivity contribution < 1.29 is 13.2 Å². The van der Waals surface area contributed by atoms with Crippen molar-refractivity contribution in [1.82, 2.24) is 4.72 Å². The first-order chi connectivity index (χ1) is 7.59. The lowest BCUT2D eigenvalue weighted by atomic mass is 10.2. The second kappa shape index (κ2) is 4.43. The van der Waals surface area contributed by atoms with Gasteiger partial charge >= 0.3 is 0 Å². The van der Waals surface area contributed by atoms with Gasteiger partial charge in [-0.3, -0.25) is 0 Å². The summed E-state index contributed by atoms with van der Waals surface area (Å²) >= 11 is 0. The summed E-state index contributed by atoms with van der Waals surface area (Å²) < 4.78 is 30.6. The minimum atomic E-state index is -3.21. The average Bonchev–Trinajstić information content (AvgIpc) is 3.02. The van der Waals surface area contributed by atoms with Crippen LogP contribution in [0.15, 0.2) is 24.3 Å². The largest absolute Gasteiger partial charge is 0.490 e. The zero-order chi connectivity index (χ0) is 11.6. The number of rotatable bonds is 5. The van der Waals surface area contributed by atoms with Gasteiger partial charge in [-0.15, -0.1) is 0 Å². The average molecular weight is 241 g/mol. The van der Waals surface area contributed by atoms with Gasteiger partial charge in [-0.05, 0) is 37.6 Å². The van der Waals surface area contributed by atoms with Crippen LogP contribution in [0.5, 0.6) is 5.75 Å². The number of sulfonamides is 1. The van der Waals surface area contributed by atoms with Gasteiger partial charge in [0.05, 0.1) is 11.9 Å². The molecule has 0 bridgehead atoms. The van der Waals surface area contributed by atoms with E-state index in [-0.39, 0.29) is 5.75 Å². The molecule has 1 aromatic rings. The van der Waals surface area contributed by atoms with Crippen LogP contribution in [0.3, 0.4) is 0 Å². The third-order valence-corrected chi connectivity index (χ3v) is 3.73. The summed E-state index contributed by atoms with van der Waals surface area (Å²) in [6, 6.07) is 7.24. The Bertz CT molecular complexity index is 466. The van der Waals surface area contributed by atoms with Gasteiger partial charge in [-0.25, -0.2) is 13.1 Å². The first-order valence-corrected chi connectivity index (χ1v) is 6.91. The number of hydrogen-bond acceptors (Lipinski definition) is 3. The Morgan fingerprint density at radius 2 is 2.19 bits per heavy atom. The molecule has 0 heterocycles. The Kier molecular flexibility index (Phi) is 3.16. The molecule has 1 aromatic carbocycles. The summed E-state index contributed by atoms with van der Waals surface area (Å²) in [6.45, 7) is 0. The highest BCUT2D eigenvalue weighted by Crippen LogP contribution is 2.27. The van der Waals surface area contributed by atoms with Gasteiger partial charge in [0.25, 0.3) is 0 Å². The molecule has 1 saturated carbocycles. The van der Waals surface area contributed by atoms with Gasteiger partial charge in [0.2, 0.25) is 10.0 Å². The molecule has 0 aromatic heterocycles. The molecule has 88 valence electrons. The van der Waals surface area contributed by atoms with E-state index in [9.17, 15) is 8.42 Å². The van der Waals surface area contributed by atoms with Gasteiger partial charge < -0.3 is 4.74 Å². The van der Waals surface area contributed by atoms with Gasteiger partial charge in [0, 0.05) is 0 Å². The molecule has 1 fully saturated rings. The van der Waals surface area contributed by atoms with E-state index in [1.54, 1.807) is 12.1 Å². The minimum Gasteiger partial charge on any atom is -0.490 e. The molecule has 0 aliphatic heterocycles. The Morgan fingerprint density at radius 1 is 1.44 bits per heavy atom. The molecule has 0 unspecified atom stereocenters. The lowest BCUT2D eigenvalue weighted by molar-refractivity contribution is 0.303. The van der Waals surface area contributed by atoms with Crippen molar-refractivity contribution in [2.75, 3.05) is 7.05 Å². The Balaban J connectivity index is 2.09. The second-order valence-electron chi connectivity index (χ2n) is 3.93. The van der Waals surface area contributed by atoms with Crippen molar-refractivity contribution in [3.8, 4) is 5.75 Å². The Hall–Kier alpha value is -1.07. The molecule has 5 heteroatoms. The third-order valence-electron chi connectivity index (χ3n) is 2.39. The van der Waals surface area contributed by atoms with Crippen LogP contribution in [0, 0.1) is 0 Å². The molecule has 1 aliphatic rings. The smallest absolute Gasteiger partial charge is 0.215 e. The molecule has 4 nitrogen and oxygen atoms in total.